The van der Waals surface area contributed by atoms with Gasteiger partial charge in [0, 0.05) is 45.3 Å². The molecule has 1 saturated heterocycles. The molecule has 1 unspecified atom stereocenters. The number of piperazine rings is 1. The highest BCUT2D eigenvalue weighted by atomic mass is 15.3. The molecule has 2 N–H and O–H groups in total. The molecule has 5 heteroatoms. The quantitative estimate of drug-likeness (QED) is 0.827. The predicted molar refractivity (Wildman–Crippen MR) is 87.2 cm³/mol. The Balaban J connectivity index is 1.86. The summed E-state index contributed by atoms with van der Waals surface area (Å²) in [4.78, 5) is 5.17. The van der Waals surface area contributed by atoms with Crippen molar-refractivity contribution in [3.8, 4) is 0 Å². The van der Waals surface area contributed by atoms with Gasteiger partial charge in [0.15, 0.2) is 0 Å². The minimum atomic E-state index is 0.667. The Bertz CT molecular complexity index is 420. The number of aromatic nitrogens is 2. The van der Waals surface area contributed by atoms with E-state index in [1.165, 1.54) is 12.1 Å². The first-order valence-corrected chi connectivity index (χ1v) is 8.37. The smallest absolute Gasteiger partial charge is 0.0597 e. The van der Waals surface area contributed by atoms with Gasteiger partial charge in [-0.3, -0.25) is 14.5 Å². The third-order valence-electron chi connectivity index (χ3n) is 4.57. The Morgan fingerprint density at radius 1 is 1.24 bits per heavy atom. The van der Waals surface area contributed by atoms with E-state index in [1.807, 2.05) is 0 Å². The molecule has 1 aliphatic rings. The monoisotopic (exact) mass is 293 g/mol. The van der Waals surface area contributed by atoms with E-state index in [0.29, 0.717) is 6.04 Å². The van der Waals surface area contributed by atoms with Gasteiger partial charge in [-0.15, -0.1) is 0 Å². The van der Waals surface area contributed by atoms with Crippen molar-refractivity contribution >= 4 is 0 Å². The minimum Gasteiger partial charge on any atom is -0.330 e. The molecule has 5 nitrogen and oxygen atoms in total. The van der Waals surface area contributed by atoms with Gasteiger partial charge in [0.1, 0.15) is 0 Å². The van der Waals surface area contributed by atoms with Crippen LogP contribution in [-0.4, -0.2) is 58.3 Å². The fraction of sp³-hybridized carbons (Fsp3) is 0.812. The summed E-state index contributed by atoms with van der Waals surface area (Å²) < 4.78 is 2.13. The van der Waals surface area contributed by atoms with E-state index in [2.05, 4.69) is 46.4 Å². The molecule has 0 aromatic carbocycles. The summed E-state index contributed by atoms with van der Waals surface area (Å²) in [7, 11) is 0. The van der Waals surface area contributed by atoms with E-state index in [9.17, 15) is 0 Å². The van der Waals surface area contributed by atoms with Crippen molar-refractivity contribution in [3.63, 3.8) is 0 Å². The van der Waals surface area contributed by atoms with Gasteiger partial charge in [0.05, 0.1) is 11.4 Å². The SMILES string of the molecule is CCC(CCN)N1CCN(Cc2cc(C)nn2CC)CC1. The molecule has 0 bridgehead atoms. The molecule has 21 heavy (non-hydrogen) atoms. The minimum absolute atomic E-state index is 0.667. The highest BCUT2D eigenvalue weighted by Crippen LogP contribution is 2.14. The summed E-state index contributed by atoms with van der Waals surface area (Å²) in [6.07, 6.45) is 2.33. The lowest BCUT2D eigenvalue weighted by Crippen LogP contribution is -2.50. The van der Waals surface area contributed by atoms with Gasteiger partial charge < -0.3 is 5.73 Å². The molecule has 1 aromatic rings. The molecule has 0 saturated carbocycles. The van der Waals surface area contributed by atoms with Crippen LogP contribution in [0.3, 0.4) is 0 Å². The lowest BCUT2D eigenvalue weighted by Gasteiger charge is -2.39. The molecule has 1 aliphatic heterocycles. The van der Waals surface area contributed by atoms with E-state index in [0.717, 1.165) is 57.9 Å². The highest BCUT2D eigenvalue weighted by molar-refractivity contribution is 5.09. The van der Waals surface area contributed by atoms with Crippen molar-refractivity contribution in [2.45, 2.75) is 52.7 Å². The average molecular weight is 293 g/mol. The van der Waals surface area contributed by atoms with Crippen molar-refractivity contribution in [2.75, 3.05) is 32.7 Å². The van der Waals surface area contributed by atoms with E-state index < -0.39 is 0 Å². The summed E-state index contributed by atoms with van der Waals surface area (Å²) in [6, 6.07) is 2.89. The number of aryl methyl sites for hydroxylation is 2. The molecule has 2 heterocycles. The molecule has 0 amide bonds. The first-order valence-electron chi connectivity index (χ1n) is 8.37. The zero-order valence-corrected chi connectivity index (χ0v) is 13.9. The summed E-state index contributed by atoms with van der Waals surface area (Å²) in [5.74, 6) is 0. The molecule has 1 fully saturated rings. The number of hydrogen-bond donors (Lipinski definition) is 1. The van der Waals surface area contributed by atoms with Gasteiger partial charge in [0.25, 0.3) is 0 Å². The van der Waals surface area contributed by atoms with Gasteiger partial charge in [0.2, 0.25) is 0 Å². The van der Waals surface area contributed by atoms with Gasteiger partial charge in [-0.1, -0.05) is 6.92 Å². The van der Waals surface area contributed by atoms with E-state index in [1.54, 1.807) is 0 Å². The zero-order valence-electron chi connectivity index (χ0n) is 13.9. The summed E-state index contributed by atoms with van der Waals surface area (Å²) in [5.41, 5.74) is 8.20. The molecule has 120 valence electrons. The lowest BCUT2D eigenvalue weighted by molar-refractivity contribution is 0.0856. The molecule has 0 spiro atoms. The van der Waals surface area contributed by atoms with Gasteiger partial charge in [-0.25, -0.2) is 0 Å². The highest BCUT2D eigenvalue weighted by Gasteiger charge is 2.22. The summed E-state index contributed by atoms with van der Waals surface area (Å²) in [6.45, 7) is 13.9. The standard InChI is InChI=1S/C16H31N5/c1-4-15(6-7-17)20-10-8-19(9-11-20)13-16-12-14(3)18-21(16)5-2/h12,15H,4-11,13,17H2,1-3H3. The van der Waals surface area contributed by atoms with E-state index in [4.69, 9.17) is 5.73 Å². The maximum absolute atomic E-state index is 5.73. The van der Waals surface area contributed by atoms with Crippen LogP contribution in [0.4, 0.5) is 0 Å². The van der Waals surface area contributed by atoms with Crippen molar-refractivity contribution in [2.24, 2.45) is 5.73 Å². The second-order valence-corrected chi connectivity index (χ2v) is 6.04. The van der Waals surface area contributed by atoms with Crippen LogP contribution in [-0.2, 0) is 13.1 Å². The van der Waals surface area contributed by atoms with Crippen LogP contribution in [0.25, 0.3) is 0 Å². The third-order valence-corrected chi connectivity index (χ3v) is 4.57. The molecule has 0 radical (unpaired) electrons. The fourth-order valence-electron chi connectivity index (χ4n) is 3.35. The third kappa shape index (κ3) is 4.28. The molecule has 1 atom stereocenters. The Labute approximate surface area is 129 Å². The van der Waals surface area contributed by atoms with Crippen LogP contribution in [0.5, 0.6) is 0 Å². The maximum atomic E-state index is 5.73. The summed E-state index contributed by atoms with van der Waals surface area (Å²) >= 11 is 0. The number of nitrogens with zero attached hydrogens (tertiary/aromatic N) is 4. The molecule has 2 rings (SSSR count). The first-order chi connectivity index (χ1) is 10.2. The van der Waals surface area contributed by atoms with E-state index in [-0.39, 0.29) is 0 Å². The Morgan fingerprint density at radius 3 is 2.52 bits per heavy atom. The van der Waals surface area contributed by atoms with Crippen LogP contribution in [0, 0.1) is 6.92 Å². The van der Waals surface area contributed by atoms with Crippen LogP contribution in [0.2, 0.25) is 0 Å². The van der Waals surface area contributed by atoms with Crippen LogP contribution >= 0.6 is 0 Å². The van der Waals surface area contributed by atoms with Crippen molar-refractivity contribution in [1.29, 1.82) is 0 Å². The fourth-order valence-corrected chi connectivity index (χ4v) is 3.35. The van der Waals surface area contributed by atoms with Gasteiger partial charge >= 0.3 is 0 Å². The lowest BCUT2D eigenvalue weighted by atomic mass is 10.1. The predicted octanol–water partition coefficient (Wildman–Crippen LogP) is 1.46. The molecule has 0 aliphatic carbocycles. The summed E-state index contributed by atoms with van der Waals surface area (Å²) in [5, 5.41) is 4.54. The van der Waals surface area contributed by atoms with Crippen LogP contribution in [0.15, 0.2) is 6.07 Å². The second-order valence-electron chi connectivity index (χ2n) is 6.04. The number of rotatable bonds is 7. The van der Waals surface area contributed by atoms with Crippen LogP contribution < -0.4 is 5.73 Å². The molecule has 1 aromatic heterocycles. The first kappa shape index (κ1) is 16.5. The number of hydrogen-bond acceptors (Lipinski definition) is 4. The van der Waals surface area contributed by atoms with E-state index >= 15 is 0 Å². The topological polar surface area (TPSA) is 50.3 Å². The number of nitrogens with two attached hydrogens (primary N) is 1. The van der Waals surface area contributed by atoms with Gasteiger partial charge in [-0.2, -0.15) is 5.10 Å². The maximum Gasteiger partial charge on any atom is 0.0597 e. The Kier molecular flexibility index (Phi) is 6.21. The van der Waals surface area contributed by atoms with Crippen molar-refractivity contribution in [3.05, 3.63) is 17.5 Å². The molecular formula is C16H31N5. The Morgan fingerprint density at radius 2 is 1.95 bits per heavy atom. The average Bonchev–Trinajstić information content (AvgIpc) is 2.85. The Hall–Kier alpha value is -0.910. The second kappa shape index (κ2) is 7.92. The normalized spacial score (nSPS) is 19.0. The van der Waals surface area contributed by atoms with Crippen LogP contribution in [0.1, 0.15) is 38.1 Å². The zero-order chi connectivity index (χ0) is 15.2. The van der Waals surface area contributed by atoms with Gasteiger partial charge in [-0.05, 0) is 39.3 Å². The van der Waals surface area contributed by atoms with Crippen molar-refractivity contribution in [1.82, 2.24) is 19.6 Å². The van der Waals surface area contributed by atoms with Crippen molar-refractivity contribution < 1.29 is 0 Å². The molecular weight excluding hydrogens is 262 g/mol. The largest absolute Gasteiger partial charge is 0.330 e.